The number of hydrogen-bond donors (Lipinski definition) is 2. The van der Waals surface area contributed by atoms with Gasteiger partial charge in [-0.3, -0.25) is 4.79 Å². The Morgan fingerprint density at radius 3 is 2.89 bits per heavy atom. The molecular formula is C13H18FNO3. The Bertz CT molecular complexity index is 407. The molecule has 0 aromatic heterocycles. The van der Waals surface area contributed by atoms with Crippen LogP contribution in [0.4, 0.5) is 4.39 Å². The molecule has 2 N–H and O–H groups in total. The highest BCUT2D eigenvalue weighted by Gasteiger charge is 2.11. The standard InChI is InChI=1S/C13H18FNO3/c1-3-6-15-13(17)8-18-12-7-10(14)4-5-11(12)9(2)16/h4-5,7,9,16H,3,6,8H2,1-2H3,(H,15,17). The number of rotatable bonds is 6. The summed E-state index contributed by atoms with van der Waals surface area (Å²) in [4.78, 5) is 11.3. The number of hydrogen-bond acceptors (Lipinski definition) is 3. The molecule has 0 bridgehead atoms. The summed E-state index contributed by atoms with van der Waals surface area (Å²) < 4.78 is 18.3. The SMILES string of the molecule is CCCNC(=O)COc1cc(F)ccc1C(C)O. The van der Waals surface area contributed by atoms with E-state index in [-0.39, 0.29) is 18.3 Å². The fraction of sp³-hybridized carbons (Fsp3) is 0.462. The molecule has 1 aromatic carbocycles. The van der Waals surface area contributed by atoms with Gasteiger partial charge in [-0.25, -0.2) is 4.39 Å². The van der Waals surface area contributed by atoms with Crippen molar-refractivity contribution in [2.75, 3.05) is 13.2 Å². The lowest BCUT2D eigenvalue weighted by atomic mass is 10.1. The van der Waals surface area contributed by atoms with Crippen LogP contribution in [0.25, 0.3) is 0 Å². The smallest absolute Gasteiger partial charge is 0.257 e. The van der Waals surface area contributed by atoms with Gasteiger partial charge in [-0.2, -0.15) is 0 Å². The molecule has 4 nitrogen and oxygen atoms in total. The number of carbonyl (C=O) groups is 1. The molecule has 0 aliphatic rings. The van der Waals surface area contributed by atoms with E-state index in [0.29, 0.717) is 12.1 Å². The third kappa shape index (κ3) is 4.33. The quantitative estimate of drug-likeness (QED) is 0.814. The number of nitrogens with one attached hydrogen (secondary N) is 1. The minimum Gasteiger partial charge on any atom is -0.483 e. The molecule has 1 rings (SSSR count). The summed E-state index contributed by atoms with van der Waals surface area (Å²) in [7, 11) is 0. The Kier molecular flexibility index (Phi) is 5.58. The highest BCUT2D eigenvalue weighted by Crippen LogP contribution is 2.25. The third-order valence-electron chi connectivity index (χ3n) is 2.36. The summed E-state index contributed by atoms with van der Waals surface area (Å²) in [5.74, 6) is -0.544. The molecular weight excluding hydrogens is 237 g/mol. The van der Waals surface area contributed by atoms with Gasteiger partial charge in [-0.05, 0) is 25.5 Å². The summed E-state index contributed by atoms with van der Waals surface area (Å²) in [5.41, 5.74) is 0.458. The van der Waals surface area contributed by atoms with Crippen LogP contribution >= 0.6 is 0 Å². The number of carbonyl (C=O) groups excluding carboxylic acids is 1. The molecule has 100 valence electrons. The van der Waals surface area contributed by atoms with Gasteiger partial charge in [0.05, 0.1) is 6.10 Å². The minimum absolute atomic E-state index is 0.191. The van der Waals surface area contributed by atoms with E-state index < -0.39 is 11.9 Å². The van der Waals surface area contributed by atoms with Crippen LogP contribution in [0, 0.1) is 5.82 Å². The molecule has 0 spiro atoms. The van der Waals surface area contributed by atoms with Crippen LogP contribution in [0.1, 0.15) is 31.9 Å². The highest BCUT2D eigenvalue weighted by atomic mass is 19.1. The molecule has 0 saturated carbocycles. The van der Waals surface area contributed by atoms with Gasteiger partial charge in [-0.15, -0.1) is 0 Å². The number of amides is 1. The minimum atomic E-state index is -0.778. The summed E-state index contributed by atoms with van der Waals surface area (Å²) in [6.45, 7) is 3.88. The number of aliphatic hydroxyl groups excluding tert-OH is 1. The number of aliphatic hydroxyl groups is 1. The second-order valence-electron chi connectivity index (χ2n) is 4.00. The van der Waals surface area contributed by atoms with Crippen molar-refractivity contribution in [3.05, 3.63) is 29.6 Å². The number of benzene rings is 1. The largest absolute Gasteiger partial charge is 0.483 e. The Balaban J connectivity index is 2.65. The first kappa shape index (κ1) is 14.4. The van der Waals surface area contributed by atoms with Crippen molar-refractivity contribution >= 4 is 5.91 Å². The Morgan fingerprint density at radius 1 is 1.56 bits per heavy atom. The maximum Gasteiger partial charge on any atom is 0.257 e. The van der Waals surface area contributed by atoms with Gasteiger partial charge in [0.1, 0.15) is 11.6 Å². The van der Waals surface area contributed by atoms with Gasteiger partial charge >= 0.3 is 0 Å². The topological polar surface area (TPSA) is 58.6 Å². The van der Waals surface area contributed by atoms with E-state index in [9.17, 15) is 14.3 Å². The fourth-order valence-electron chi connectivity index (χ4n) is 1.44. The Hall–Kier alpha value is -1.62. The maximum atomic E-state index is 13.1. The summed E-state index contributed by atoms with van der Waals surface area (Å²) in [5, 5.41) is 12.1. The lowest BCUT2D eigenvalue weighted by Gasteiger charge is -2.13. The monoisotopic (exact) mass is 255 g/mol. The van der Waals surface area contributed by atoms with E-state index in [1.807, 2.05) is 6.92 Å². The second kappa shape index (κ2) is 6.96. The summed E-state index contributed by atoms with van der Waals surface area (Å²) in [6.07, 6.45) is 0.0595. The van der Waals surface area contributed by atoms with Crippen molar-refractivity contribution in [2.45, 2.75) is 26.4 Å². The lowest BCUT2D eigenvalue weighted by molar-refractivity contribution is -0.123. The third-order valence-corrected chi connectivity index (χ3v) is 2.36. The van der Waals surface area contributed by atoms with Crippen LogP contribution in [0.3, 0.4) is 0 Å². The number of halogens is 1. The molecule has 5 heteroatoms. The van der Waals surface area contributed by atoms with E-state index >= 15 is 0 Å². The van der Waals surface area contributed by atoms with E-state index in [1.165, 1.54) is 12.1 Å². The van der Waals surface area contributed by atoms with Crippen molar-refractivity contribution < 1.29 is 19.0 Å². The molecule has 0 heterocycles. The van der Waals surface area contributed by atoms with E-state index in [4.69, 9.17) is 4.74 Å². The van der Waals surface area contributed by atoms with Gasteiger partial charge in [0, 0.05) is 18.2 Å². The highest BCUT2D eigenvalue weighted by molar-refractivity contribution is 5.77. The molecule has 1 unspecified atom stereocenters. The van der Waals surface area contributed by atoms with E-state index in [2.05, 4.69) is 5.32 Å². The molecule has 1 amide bonds. The zero-order valence-electron chi connectivity index (χ0n) is 10.6. The average molecular weight is 255 g/mol. The van der Waals surface area contributed by atoms with Gasteiger partial charge in [0.25, 0.3) is 5.91 Å². The van der Waals surface area contributed by atoms with Crippen molar-refractivity contribution in [3.8, 4) is 5.75 Å². The molecule has 0 aliphatic heterocycles. The van der Waals surface area contributed by atoms with Crippen molar-refractivity contribution in [3.63, 3.8) is 0 Å². The molecule has 18 heavy (non-hydrogen) atoms. The van der Waals surface area contributed by atoms with Crippen LogP contribution in [-0.4, -0.2) is 24.2 Å². The lowest BCUT2D eigenvalue weighted by Crippen LogP contribution is -2.29. The molecule has 1 aromatic rings. The van der Waals surface area contributed by atoms with Gasteiger partial charge in [0.15, 0.2) is 6.61 Å². The molecule has 0 aliphatic carbocycles. The van der Waals surface area contributed by atoms with E-state index in [1.54, 1.807) is 6.92 Å². The molecule has 0 fully saturated rings. The average Bonchev–Trinajstić information content (AvgIpc) is 2.33. The number of ether oxygens (including phenoxy) is 1. The Labute approximate surface area is 106 Å². The van der Waals surface area contributed by atoms with Crippen LogP contribution < -0.4 is 10.1 Å². The van der Waals surface area contributed by atoms with Crippen LogP contribution in [0.15, 0.2) is 18.2 Å². The summed E-state index contributed by atoms with van der Waals surface area (Å²) in [6, 6.07) is 3.85. The van der Waals surface area contributed by atoms with Gasteiger partial charge in [-0.1, -0.05) is 6.92 Å². The first-order valence-corrected chi connectivity index (χ1v) is 5.91. The van der Waals surface area contributed by atoms with Crippen LogP contribution in [0.5, 0.6) is 5.75 Å². The van der Waals surface area contributed by atoms with Crippen molar-refractivity contribution in [1.29, 1.82) is 0 Å². The maximum absolute atomic E-state index is 13.1. The van der Waals surface area contributed by atoms with Crippen molar-refractivity contribution in [2.24, 2.45) is 0 Å². The zero-order chi connectivity index (χ0) is 13.5. The first-order valence-electron chi connectivity index (χ1n) is 5.91. The van der Waals surface area contributed by atoms with Gasteiger partial charge < -0.3 is 15.2 Å². The Morgan fingerprint density at radius 2 is 2.28 bits per heavy atom. The summed E-state index contributed by atoms with van der Waals surface area (Å²) >= 11 is 0. The van der Waals surface area contributed by atoms with Crippen molar-refractivity contribution in [1.82, 2.24) is 5.32 Å². The van der Waals surface area contributed by atoms with Crippen LogP contribution in [-0.2, 0) is 4.79 Å². The zero-order valence-corrected chi connectivity index (χ0v) is 10.6. The van der Waals surface area contributed by atoms with Gasteiger partial charge in [0.2, 0.25) is 0 Å². The van der Waals surface area contributed by atoms with E-state index in [0.717, 1.165) is 12.5 Å². The normalized spacial score (nSPS) is 12.0. The second-order valence-corrected chi connectivity index (χ2v) is 4.00. The molecule has 0 saturated heterocycles. The van der Waals surface area contributed by atoms with Crippen LogP contribution in [0.2, 0.25) is 0 Å². The molecule has 1 atom stereocenters. The fourth-order valence-corrected chi connectivity index (χ4v) is 1.44. The predicted octanol–water partition coefficient (Wildman–Crippen LogP) is 1.78. The predicted molar refractivity (Wildman–Crippen MR) is 65.8 cm³/mol. The first-order chi connectivity index (χ1) is 8.54. The molecule has 0 radical (unpaired) electrons.